The molecule has 2 heteroatoms. The molecule has 0 unspecified atom stereocenters. The molecule has 0 spiro atoms. The first-order valence-corrected chi connectivity index (χ1v) is 12.7. The Balaban J connectivity index is 1.66. The van der Waals surface area contributed by atoms with Crippen molar-refractivity contribution in [1.29, 1.82) is 0 Å². The molecule has 0 fully saturated rings. The van der Waals surface area contributed by atoms with Crippen LogP contribution in [-0.2, 0) is 6.42 Å². The number of hydrogen-bond donors (Lipinski definition) is 0. The van der Waals surface area contributed by atoms with Crippen LogP contribution in [0.25, 0.3) is 42.6 Å². The highest BCUT2D eigenvalue weighted by atomic mass is 32.1. The number of rotatable bonds is 5. The van der Waals surface area contributed by atoms with E-state index in [-0.39, 0.29) is 0 Å². The molecule has 33 heavy (non-hydrogen) atoms. The molecular weight excluding hydrogens is 418 g/mol. The predicted molar refractivity (Wildman–Crippen MR) is 145 cm³/mol. The number of aromatic nitrogens is 1. The Kier molecular flexibility index (Phi) is 5.80. The van der Waals surface area contributed by atoms with Crippen molar-refractivity contribution in [3.8, 4) is 21.7 Å². The van der Waals surface area contributed by atoms with Gasteiger partial charge >= 0.3 is 0 Å². The maximum absolute atomic E-state index is 4.89. The fourth-order valence-electron chi connectivity index (χ4n) is 4.85. The zero-order valence-electron chi connectivity index (χ0n) is 20.1. The number of fused-ring (bicyclic) bond motifs is 2. The standard InChI is InChI=1S/C31H31NS/c1-19(2)16-22-10-12-23(13-11-22)30-21(5)26-14-15-32-29(31(26)33-30)25-17-24-8-6-7-9-27(24)28(18-25)20(3)4/h6-15,17-20H,16H2,1-5H3. The van der Waals surface area contributed by atoms with Crippen molar-refractivity contribution < 1.29 is 0 Å². The summed E-state index contributed by atoms with van der Waals surface area (Å²) in [5, 5.41) is 3.94. The van der Waals surface area contributed by atoms with Gasteiger partial charge in [0, 0.05) is 16.6 Å². The maximum atomic E-state index is 4.89. The predicted octanol–water partition coefficient (Wildman–Crippen LogP) is 9.41. The molecule has 2 heterocycles. The molecule has 0 amide bonds. The van der Waals surface area contributed by atoms with E-state index in [4.69, 9.17) is 4.98 Å². The highest BCUT2D eigenvalue weighted by Crippen LogP contribution is 2.43. The van der Waals surface area contributed by atoms with Crippen molar-refractivity contribution in [2.24, 2.45) is 5.92 Å². The van der Waals surface area contributed by atoms with E-state index in [1.807, 2.05) is 17.5 Å². The van der Waals surface area contributed by atoms with Gasteiger partial charge in [-0.2, -0.15) is 0 Å². The second kappa shape index (κ2) is 8.76. The van der Waals surface area contributed by atoms with Crippen molar-refractivity contribution in [1.82, 2.24) is 4.98 Å². The molecule has 5 rings (SSSR count). The highest BCUT2D eigenvalue weighted by Gasteiger charge is 2.17. The number of nitrogens with zero attached hydrogens (tertiary/aromatic N) is 1. The number of thiophene rings is 1. The van der Waals surface area contributed by atoms with Gasteiger partial charge in [0.15, 0.2) is 0 Å². The summed E-state index contributed by atoms with van der Waals surface area (Å²) >= 11 is 1.88. The van der Waals surface area contributed by atoms with E-state index in [2.05, 4.69) is 101 Å². The van der Waals surface area contributed by atoms with Gasteiger partial charge in [-0.15, -0.1) is 11.3 Å². The number of hydrogen-bond acceptors (Lipinski definition) is 2. The van der Waals surface area contributed by atoms with Gasteiger partial charge in [-0.05, 0) is 81.8 Å². The summed E-state index contributed by atoms with van der Waals surface area (Å²) in [6, 6.07) is 24.7. The van der Waals surface area contributed by atoms with Gasteiger partial charge in [0.05, 0.1) is 10.4 Å². The van der Waals surface area contributed by atoms with Gasteiger partial charge in [0.25, 0.3) is 0 Å². The van der Waals surface area contributed by atoms with Crippen LogP contribution in [0.1, 0.15) is 50.3 Å². The first-order valence-electron chi connectivity index (χ1n) is 11.9. The molecular formula is C31H31NS. The quantitative estimate of drug-likeness (QED) is 0.260. The van der Waals surface area contributed by atoms with Gasteiger partial charge in [-0.25, -0.2) is 0 Å². The Bertz CT molecular complexity index is 1440. The van der Waals surface area contributed by atoms with Crippen LogP contribution in [0.15, 0.2) is 72.9 Å². The maximum Gasteiger partial charge on any atom is 0.0880 e. The third kappa shape index (κ3) is 4.09. The lowest BCUT2D eigenvalue weighted by molar-refractivity contribution is 0.647. The van der Waals surface area contributed by atoms with Crippen LogP contribution in [0.3, 0.4) is 0 Å². The second-order valence-electron chi connectivity index (χ2n) is 9.83. The Hall–Kier alpha value is -2.97. The molecule has 1 nitrogen and oxygen atoms in total. The van der Waals surface area contributed by atoms with Crippen LogP contribution in [0.5, 0.6) is 0 Å². The average molecular weight is 450 g/mol. The van der Waals surface area contributed by atoms with E-state index in [9.17, 15) is 0 Å². The van der Waals surface area contributed by atoms with Crippen molar-refractivity contribution in [2.45, 2.75) is 47.0 Å². The van der Waals surface area contributed by atoms with Crippen LogP contribution in [-0.4, -0.2) is 4.98 Å². The molecule has 166 valence electrons. The topological polar surface area (TPSA) is 12.9 Å². The summed E-state index contributed by atoms with van der Waals surface area (Å²) in [5.41, 5.74) is 7.75. The molecule has 0 saturated carbocycles. The molecule has 2 aromatic heterocycles. The molecule has 0 N–H and O–H groups in total. The van der Waals surface area contributed by atoms with E-state index in [1.165, 1.54) is 53.6 Å². The van der Waals surface area contributed by atoms with E-state index in [0.29, 0.717) is 11.8 Å². The van der Waals surface area contributed by atoms with E-state index in [1.54, 1.807) is 0 Å². The third-order valence-corrected chi connectivity index (χ3v) is 7.87. The fourth-order valence-corrected chi connectivity index (χ4v) is 6.17. The van der Waals surface area contributed by atoms with Gasteiger partial charge in [0.1, 0.15) is 0 Å². The minimum atomic E-state index is 0.457. The van der Waals surface area contributed by atoms with Crippen LogP contribution < -0.4 is 0 Å². The molecule has 0 aliphatic heterocycles. The molecule has 0 saturated heterocycles. The van der Waals surface area contributed by atoms with Crippen molar-refractivity contribution in [3.63, 3.8) is 0 Å². The zero-order valence-corrected chi connectivity index (χ0v) is 21.0. The summed E-state index contributed by atoms with van der Waals surface area (Å²) in [7, 11) is 0. The van der Waals surface area contributed by atoms with Gasteiger partial charge < -0.3 is 0 Å². The monoisotopic (exact) mass is 449 g/mol. The summed E-state index contributed by atoms with van der Waals surface area (Å²) in [4.78, 5) is 6.24. The molecule has 0 bridgehead atoms. The minimum absolute atomic E-state index is 0.457. The van der Waals surface area contributed by atoms with Crippen molar-refractivity contribution in [2.75, 3.05) is 0 Å². The van der Waals surface area contributed by atoms with Gasteiger partial charge in [-0.1, -0.05) is 76.2 Å². The molecule has 5 aromatic rings. The summed E-state index contributed by atoms with van der Waals surface area (Å²) in [6.45, 7) is 11.3. The van der Waals surface area contributed by atoms with Crippen LogP contribution in [0.2, 0.25) is 0 Å². The largest absolute Gasteiger partial charge is 0.255 e. The lowest BCUT2D eigenvalue weighted by Crippen LogP contribution is -1.93. The zero-order chi connectivity index (χ0) is 23.1. The van der Waals surface area contributed by atoms with Crippen LogP contribution in [0, 0.1) is 12.8 Å². The Morgan fingerprint density at radius 1 is 0.818 bits per heavy atom. The average Bonchev–Trinajstić information content (AvgIpc) is 3.15. The van der Waals surface area contributed by atoms with E-state index in [0.717, 1.165) is 12.1 Å². The minimum Gasteiger partial charge on any atom is -0.255 e. The highest BCUT2D eigenvalue weighted by molar-refractivity contribution is 7.23. The lowest BCUT2D eigenvalue weighted by atomic mass is 9.92. The van der Waals surface area contributed by atoms with Crippen LogP contribution >= 0.6 is 11.3 Å². The fraction of sp³-hybridized carbons (Fsp3) is 0.258. The Labute approximate surface area is 201 Å². The molecule has 3 aromatic carbocycles. The van der Waals surface area contributed by atoms with E-state index < -0.39 is 0 Å². The third-order valence-electron chi connectivity index (χ3n) is 6.50. The molecule has 0 radical (unpaired) electrons. The Morgan fingerprint density at radius 2 is 1.58 bits per heavy atom. The first kappa shape index (κ1) is 21.9. The number of benzene rings is 3. The summed E-state index contributed by atoms with van der Waals surface area (Å²) in [5.74, 6) is 1.13. The lowest BCUT2D eigenvalue weighted by Gasteiger charge is -2.13. The smallest absolute Gasteiger partial charge is 0.0880 e. The normalized spacial score (nSPS) is 11.8. The summed E-state index contributed by atoms with van der Waals surface area (Å²) < 4.78 is 1.28. The second-order valence-corrected chi connectivity index (χ2v) is 10.8. The van der Waals surface area contributed by atoms with E-state index >= 15 is 0 Å². The van der Waals surface area contributed by atoms with Crippen molar-refractivity contribution in [3.05, 3.63) is 89.6 Å². The molecule has 0 aliphatic rings. The van der Waals surface area contributed by atoms with Crippen molar-refractivity contribution >= 4 is 32.2 Å². The Morgan fingerprint density at radius 3 is 2.30 bits per heavy atom. The SMILES string of the molecule is Cc1c(-c2ccc(CC(C)C)cc2)sc2c(-c3cc(C(C)C)c4ccccc4c3)nccc12. The molecule has 0 aliphatic carbocycles. The van der Waals surface area contributed by atoms with Crippen LogP contribution in [0.4, 0.5) is 0 Å². The van der Waals surface area contributed by atoms with Gasteiger partial charge in [0.2, 0.25) is 0 Å². The number of aryl methyl sites for hydroxylation is 1. The number of pyridine rings is 1. The summed E-state index contributed by atoms with van der Waals surface area (Å²) in [6.07, 6.45) is 3.09. The molecule has 0 atom stereocenters. The first-order chi connectivity index (χ1) is 15.9. The van der Waals surface area contributed by atoms with Gasteiger partial charge in [-0.3, -0.25) is 4.98 Å².